The molecule has 7 nitrogen and oxygen atoms in total. The number of halogens is 3. The smallest absolute Gasteiger partial charge is 0.453 e. The van der Waals surface area contributed by atoms with E-state index < -0.39 is 12.0 Å². The minimum Gasteiger partial charge on any atom is -0.491 e. The summed E-state index contributed by atoms with van der Waals surface area (Å²) < 4.78 is 45.3. The molecular formula is C22H18F3N5O2. The molecule has 164 valence electrons. The zero-order valence-electron chi connectivity index (χ0n) is 17.1. The first kappa shape index (κ1) is 21.3. The molecule has 0 fully saturated rings. The Morgan fingerprint density at radius 2 is 1.81 bits per heavy atom. The van der Waals surface area contributed by atoms with Gasteiger partial charge in [0.25, 0.3) is 11.7 Å². The highest BCUT2D eigenvalue weighted by atomic mass is 19.4. The van der Waals surface area contributed by atoms with E-state index >= 15 is 0 Å². The Balaban J connectivity index is 1.64. The first-order valence-corrected chi connectivity index (χ1v) is 9.67. The fraction of sp³-hybridized carbons (Fsp3) is 0.182. The molecule has 4 aromatic rings. The lowest BCUT2D eigenvalue weighted by Gasteiger charge is -2.12. The molecule has 2 aromatic heterocycles. The van der Waals surface area contributed by atoms with Crippen molar-refractivity contribution in [2.75, 3.05) is 5.32 Å². The van der Waals surface area contributed by atoms with Crippen LogP contribution in [0.15, 0.2) is 61.1 Å². The third kappa shape index (κ3) is 4.39. The number of carbonyl (C=O) groups is 1. The number of carbonyl (C=O) groups excluding carboxylic acids is 1. The predicted molar refractivity (Wildman–Crippen MR) is 112 cm³/mol. The van der Waals surface area contributed by atoms with Gasteiger partial charge < -0.3 is 10.1 Å². The van der Waals surface area contributed by atoms with Crippen molar-refractivity contribution in [3.8, 4) is 11.4 Å². The van der Waals surface area contributed by atoms with Crippen molar-refractivity contribution in [3.63, 3.8) is 0 Å². The average molecular weight is 441 g/mol. The standard InChI is InChI=1S/C22H18F3N5O2/c1-13(2)32-15-8-6-14(7-9-15)20(31)28-17-5-3-4-16-18(10-11-26-19(16)17)30-12-27-21(29-30)22(23,24)25/h3-13H,1-2H3,(H,28,31). The van der Waals surface area contributed by atoms with Crippen molar-refractivity contribution >= 4 is 22.5 Å². The average Bonchev–Trinajstić information content (AvgIpc) is 3.24. The lowest BCUT2D eigenvalue weighted by molar-refractivity contribution is -0.144. The van der Waals surface area contributed by atoms with Crippen LogP contribution in [0.1, 0.15) is 30.0 Å². The molecule has 1 N–H and O–H groups in total. The van der Waals surface area contributed by atoms with Gasteiger partial charge in [0.15, 0.2) is 0 Å². The first-order valence-electron chi connectivity index (χ1n) is 9.67. The third-order valence-corrected chi connectivity index (χ3v) is 4.48. The van der Waals surface area contributed by atoms with Crippen molar-refractivity contribution in [2.45, 2.75) is 26.1 Å². The molecular weight excluding hydrogens is 423 g/mol. The van der Waals surface area contributed by atoms with Gasteiger partial charge in [0.2, 0.25) is 0 Å². The van der Waals surface area contributed by atoms with E-state index in [-0.39, 0.29) is 12.0 Å². The van der Waals surface area contributed by atoms with Crippen LogP contribution < -0.4 is 10.1 Å². The number of anilines is 1. The Kier molecular flexibility index (Phi) is 5.52. The monoisotopic (exact) mass is 441 g/mol. The van der Waals surface area contributed by atoms with Gasteiger partial charge in [-0.25, -0.2) is 9.67 Å². The van der Waals surface area contributed by atoms with Crippen LogP contribution in [0.25, 0.3) is 16.6 Å². The van der Waals surface area contributed by atoms with E-state index in [4.69, 9.17) is 4.74 Å². The lowest BCUT2D eigenvalue weighted by atomic mass is 10.1. The number of fused-ring (bicyclic) bond motifs is 1. The number of nitrogens with one attached hydrogen (secondary N) is 1. The van der Waals surface area contributed by atoms with E-state index in [1.54, 1.807) is 42.5 Å². The van der Waals surface area contributed by atoms with E-state index in [1.807, 2.05) is 13.8 Å². The molecule has 0 saturated carbocycles. The Bertz CT molecular complexity index is 1270. The van der Waals surface area contributed by atoms with Gasteiger partial charge in [0, 0.05) is 17.1 Å². The van der Waals surface area contributed by atoms with E-state index in [2.05, 4.69) is 20.4 Å². The fourth-order valence-corrected chi connectivity index (χ4v) is 3.12. The lowest BCUT2D eigenvalue weighted by Crippen LogP contribution is -2.13. The summed E-state index contributed by atoms with van der Waals surface area (Å²) in [5.74, 6) is -0.947. The number of hydrogen-bond donors (Lipinski definition) is 1. The Morgan fingerprint density at radius 1 is 1.06 bits per heavy atom. The molecule has 0 atom stereocenters. The van der Waals surface area contributed by atoms with Gasteiger partial charge in [-0.1, -0.05) is 12.1 Å². The second-order valence-corrected chi connectivity index (χ2v) is 7.19. The minimum atomic E-state index is -4.65. The van der Waals surface area contributed by atoms with Crippen LogP contribution >= 0.6 is 0 Å². The largest absolute Gasteiger partial charge is 0.491 e. The fourth-order valence-electron chi connectivity index (χ4n) is 3.12. The summed E-state index contributed by atoms with van der Waals surface area (Å²) in [6.07, 6.45) is -2.21. The molecule has 0 aliphatic heterocycles. The van der Waals surface area contributed by atoms with Crippen molar-refractivity contribution in [1.82, 2.24) is 19.7 Å². The maximum atomic E-state index is 12.9. The van der Waals surface area contributed by atoms with Crippen molar-refractivity contribution < 1.29 is 22.7 Å². The molecule has 0 spiro atoms. The molecule has 32 heavy (non-hydrogen) atoms. The zero-order valence-corrected chi connectivity index (χ0v) is 17.1. The molecule has 2 heterocycles. The van der Waals surface area contributed by atoms with Crippen LogP contribution in [0.4, 0.5) is 18.9 Å². The van der Waals surface area contributed by atoms with Gasteiger partial charge in [0.05, 0.1) is 23.0 Å². The number of rotatable bonds is 5. The Labute approximate surface area is 180 Å². The molecule has 0 saturated heterocycles. The Hall–Kier alpha value is -3.95. The molecule has 2 aromatic carbocycles. The van der Waals surface area contributed by atoms with Crippen molar-refractivity contribution in [1.29, 1.82) is 0 Å². The van der Waals surface area contributed by atoms with Crippen LogP contribution in [-0.2, 0) is 6.18 Å². The second kappa shape index (κ2) is 8.29. The predicted octanol–water partition coefficient (Wildman–Crippen LogP) is 4.87. The SMILES string of the molecule is CC(C)Oc1ccc(C(=O)Nc2cccc3c(-n4cnc(C(F)(F)F)n4)ccnc23)cc1. The van der Waals surface area contributed by atoms with Gasteiger partial charge >= 0.3 is 6.18 Å². The van der Waals surface area contributed by atoms with E-state index in [9.17, 15) is 18.0 Å². The minimum absolute atomic E-state index is 0.0165. The van der Waals surface area contributed by atoms with Crippen LogP contribution in [0.2, 0.25) is 0 Å². The summed E-state index contributed by atoms with van der Waals surface area (Å²) in [5.41, 5.74) is 1.58. The molecule has 4 rings (SSSR count). The van der Waals surface area contributed by atoms with Gasteiger partial charge in [-0.3, -0.25) is 9.78 Å². The summed E-state index contributed by atoms with van der Waals surface area (Å²) in [6.45, 7) is 3.82. The molecule has 0 unspecified atom stereocenters. The van der Waals surface area contributed by atoms with Crippen LogP contribution in [0, 0.1) is 0 Å². The number of ether oxygens (including phenoxy) is 1. The summed E-state index contributed by atoms with van der Waals surface area (Å²) in [5, 5.41) is 6.83. The number of alkyl halides is 3. The van der Waals surface area contributed by atoms with Crippen LogP contribution in [0.5, 0.6) is 5.75 Å². The number of para-hydroxylation sites is 1. The molecule has 10 heteroatoms. The van der Waals surface area contributed by atoms with E-state index in [0.717, 1.165) is 11.0 Å². The first-order chi connectivity index (χ1) is 15.2. The van der Waals surface area contributed by atoms with Gasteiger partial charge in [-0.2, -0.15) is 13.2 Å². The normalized spacial score (nSPS) is 11.7. The second-order valence-electron chi connectivity index (χ2n) is 7.19. The number of hydrogen-bond acceptors (Lipinski definition) is 5. The topological polar surface area (TPSA) is 81.9 Å². The van der Waals surface area contributed by atoms with Crippen molar-refractivity contribution in [2.24, 2.45) is 0 Å². The summed E-state index contributed by atoms with van der Waals surface area (Å²) in [7, 11) is 0. The van der Waals surface area contributed by atoms with Crippen LogP contribution in [0.3, 0.4) is 0 Å². The molecule has 0 aliphatic rings. The third-order valence-electron chi connectivity index (χ3n) is 4.48. The number of nitrogens with zero attached hydrogens (tertiary/aromatic N) is 4. The number of aromatic nitrogens is 4. The van der Waals surface area contributed by atoms with Gasteiger partial charge in [0.1, 0.15) is 12.1 Å². The number of amides is 1. The van der Waals surface area contributed by atoms with Gasteiger partial charge in [-0.05, 0) is 50.2 Å². The van der Waals surface area contributed by atoms with Crippen molar-refractivity contribution in [3.05, 3.63) is 72.4 Å². The number of pyridine rings is 1. The van der Waals surface area contributed by atoms with E-state index in [1.165, 1.54) is 12.3 Å². The molecule has 0 aliphatic carbocycles. The highest BCUT2D eigenvalue weighted by molar-refractivity contribution is 6.09. The molecule has 0 bridgehead atoms. The summed E-state index contributed by atoms with van der Waals surface area (Å²) >= 11 is 0. The summed E-state index contributed by atoms with van der Waals surface area (Å²) in [6, 6.07) is 13.2. The number of benzene rings is 2. The maximum Gasteiger partial charge on any atom is 0.453 e. The maximum absolute atomic E-state index is 12.9. The van der Waals surface area contributed by atoms with E-state index in [0.29, 0.717) is 33.6 Å². The highest BCUT2D eigenvalue weighted by Gasteiger charge is 2.36. The quantitative estimate of drug-likeness (QED) is 0.478. The Morgan fingerprint density at radius 3 is 2.47 bits per heavy atom. The van der Waals surface area contributed by atoms with Crippen LogP contribution in [-0.4, -0.2) is 31.8 Å². The molecule has 1 amide bonds. The van der Waals surface area contributed by atoms with Gasteiger partial charge in [-0.15, -0.1) is 5.10 Å². The molecule has 0 radical (unpaired) electrons. The zero-order chi connectivity index (χ0) is 22.9. The summed E-state index contributed by atoms with van der Waals surface area (Å²) in [4.78, 5) is 20.4. The highest BCUT2D eigenvalue weighted by Crippen LogP contribution is 2.29.